The molecule has 0 aliphatic carbocycles. The van der Waals surface area contributed by atoms with Crippen molar-refractivity contribution in [2.24, 2.45) is 0 Å². The first-order chi connectivity index (χ1) is 7.50. The van der Waals surface area contributed by atoms with E-state index >= 15 is 0 Å². The first kappa shape index (κ1) is 12.7. The Kier molecular flexibility index (Phi) is 4.06. The summed E-state index contributed by atoms with van der Waals surface area (Å²) in [5.41, 5.74) is 0.790. The summed E-state index contributed by atoms with van der Waals surface area (Å²) >= 11 is 0. The predicted molar refractivity (Wildman–Crippen MR) is 60.9 cm³/mol. The lowest BCUT2D eigenvalue weighted by molar-refractivity contribution is 0.0600. The van der Waals surface area contributed by atoms with Crippen molar-refractivity contribution >= 4 is 15.8 Å². The van der Waals surface area contributed by atoms with E-state index < -0.39 is 15.8 Å². The van der Waals surface area contributed by atoms with Crippen molar-refractivity contribution in [3.63, 3.8) is 0 Å². The lowest BCUT2D eigenvalue weighted by atomic mass is 10.1. The highest BCUT2D eigenvalue weighted by Gasteiger charge is 2.16. The van der Waals surface area contributed by atoms with Gasteiger partial charge in [-0.15, -0.1) is 0 Å². The van der Waals surface area contributed by atoms with Crippen molar-refractivity contribution in [3.8, 4) is 0 Å². The maximum Gasteiger partial charge on any atom is 0.338 e. The Hall–Kier alpha value is -1.36. The number of methoxy groups -OCH3 is 1. The lowest BCUT2D eigenvalue weighted by Crippen LogP contribution is -2.11. The Morgan fingerprint density at radius 3 is 2.50 bits per heavy atom. The molecular weight excluding hydrogens is 228 g/mol. The first-order valence-corrected chi connectivity index (χ1v) is 6.69. The molecule has 0 aromatic heterocycles. The largest absolute Gasteiger partial charge is 0.465 e. The van der Waals surface area contributed by atoms with Gasteiger partial charge in [-0.2, -0.15) is 0 Å². The van der Waals surface area contributed by atoms with E-state index in [4.69, 9.17) is 0 Å². The van der Waals surface area contributed by atoms with Crippen LogP contribution in [0.2, 0.25) is 0 Å². The van der Waals surface area contributed by atoms with Crippen molar-refractivity contribution in [1.29, 1.82) is 0 Å². The number of sulfone groups is 1. The van der Waals surface area contributed by atoms with E-state index in [0.29, 0.717) is 11.1 Å². The molecule has 0 spiro atoms. The summed E-state index contributed by atoms with van der Waals surface area (Å²) in [6, 6.07) is 6.56. The minimum absolute atomic E-state index is 0.0580. The molecule has 88 valence electrons. The van der Waals surface area contributed by atoms with Crippen molar-refractivity contribution in [2.75, 3.05) is 12.9 Å². The molecule has 0 radical (unpaired) electrons. The molecule has 0 aliphatic heterocycles. The van der Waals surface area contributed by atoms with Gasteiger partial charge in [0.1, 0.15) is 0 Å². The summed E-state index contributed by atoms with van der Waals surface area (Å²) in [4.78, 5) is 11.4. The fraction of sp³-hybridized carbons (Fsp3) is 0.364. The van der Waals surface area contributed by atoms with Crippen LogP contribution in [-0.4, -0.2) is 27.2 Å². The van der Waals surface area contributed by atoms with Gasteiger partial charge < -0.3 is 4.74 Å². The fourth-order valence-electron chi connectivity index (χ4n) is 1.29. The van der Waals surface area contributed by atoms with Crippen LogP contribution in [0.15, 0.2) is 24.3 Å². The Morgan fingerprint density at radius 2 is 1.94 bits per heavy atom. The Bertz CT molecular complexity index is 477. The standard InChI is InChI=1S/C11H14O4S/c1-3-16(13,14)8-9-6-4-5-7-10(9)11(12)15-2/h4-7H,3,8H2,1-2H3. The summed E-state index contributed by atoms with van der Waals surface area (Å²) < 4.78 is 27.6. The number of hydrogen-bond donors (Lipinski definition) is 0. The molecule has 1 aromatic carbocycles. The van der Waals surface area contributed by atoms with Gasteiger partial charge in [0, 0.05) is 5.75 Å². The van der Waals surface area contributed by atoms with Gasteiger partial charge in [-0.1, -0.05) is 25.1 Å². The third-order valence-corrected chi connectivity index (χ3v) is 3.87. The second kappa shape index (κ2) is 5.12. The first-order valence-electron chi connectivity index (χ1n) is 4.87. The molecule has 4 nitrogen and oxygen atoms in total. The zero-order chi connectivity index (χ0) is 12.2. The fourth-order valence-corrected chi connectivity index (χ4v) is 2.22. The van der Waals surface area contributed by atoms with Crippen molar-refractivity contribution in [2.45, 2.75) is 12.7 Å². The number of ether oxygens (including phenoxy) is 1. The van der Waals surface area contributed by atoms with Gasteiger partial charge in [0.15, 0.2) is 9.84 Å². The monoisotopic (exact) mass is 242 g/mol. The van der Waals surface area contributed by atoms with Crippen LogP contribution >= 0.6 is 0 Å². The summed E-state index contributed by atoms with van der Waals surface area (Å²) in [6.07, 6.45) is 0. The van der Waals surface area contributed by atoms with Gasteiger partial charge >= 0.3 is 5.97 Å². The van der Waals surface area contributed by atoms with Crippen molar-refractivity contribution < 1.29 is 17.9 Å². The normalized spacial score (nSPS) is 11.1. The van der Waals surface area contributed by atoms with Gasteiger partial charge in [0.2, 0.25) is 0 Å². The molecular formula is C11H14O4S. The zero-order valence-electron chi connectivity index (χ0n) is 9.26. The summed E-state index contributed by atoms with van der Waals surface area (Å²) in [6.45, 7) is 1.58. The maximum absolute atomic E-state index is 11.5. The molecule has 0 fully saturated rings. The quantitative estimate of drug-likeness (QED) is 0.749. The third kappa shape index (κ3) is 3.06. The number of rotatable bonds is 4. The van der Waals surface area contributed by atoms with Crippen LogP contribution in [0.3, 0.4) is 0 Å². The van der Waals surface area contributed by atoms with Crippen molar-refractivity contribution in [1.82, 2.24) is 0 Å². The van der Waals surface area contributed by atoms with Crippen LogP contribution in [0.25, 0.3) is 0 Å². The Morgan fingerprint density at radius 1 is 1.31 bits per heavy atom. The zero-order valence-corrected chi connectivity index (χ0v) is 10.1. The molecule has 0 atom stereocenters. The van der Waals surface area contributed by atoms with Crippen LogP contribution in [0.4, 0.5) is 0 Å². The third-order valence-electron chi connectivity index (χ3n) is 2.24. The van der Waals surface area contributed by atoms with Gasteiger partial charge in [0.25, 0.3) is 0 Å². The average Bonchev–Trinajstić information content (AvgIpc) is 2.28. The summed E-state index contributed by atoms with van der Waals surface area (Å²) in [5.74, 6) is -0.584. The van der Waals surface area contributed by atoms with Crippen LogP contribution in [-0.2, 0) is 20.3 Å². The van der Waals surface area contributed by atoms with E-state index in [1.807, 2.05) is 0 Å². The Labute approximate surface area is 95.2 Å². The molecule has 0 heterocycles. The number of hydrogen-bond acceptors (Lipinski definition) is 4. The lowest BCUT2D eigenvalue weighted by Gasteiger charge is -2.07. The molecule has 16 heavy (non-hydrogen) atoms. The molecule has 0 bridgehead atoms. The molecule has 1 aromatic rings. The molecule has 1 rings (SSSR count). The molecule has 0 saturated heterocycles. The topological polar surface area (TPSA) is 60.4 Å². The number of benzene rings is 1. The van der Waals surface area contributed by atoms with E-state index in [0.717, 1.165) is 0 Å². The SMILES string of the molecule is CCS(=O)(=O)Cc1ccccc1C(=O)OC. The van der Waals surface area contributed by atoms with E-state index in [1.165, 1.54) is 7.11 Å². The summed E-state index contributed by atoms with van der Waals surface area (Å²) in [5, 5.41) is 0. The highest BCUT2D eigenvalue weighted by Crippen LogP contribution is 2.14. The number of esters is 1. The highest BCUT2D eigenvalue weighted by molar-refractivity contribution is 7.90. The molecule has 0 amide bonds. The van der Waals surface area contributed by atoms with Gasteiger partial charge in [-0.25, -0.2) is 13.2 Å². The Balaban J connectivity index is 3.10. The molecule has 0 aliphatic rings. The van der Waals surface area contributed by atoms with Crippen LogP contribution in [0.5, 0.6) is 0 Å². The number of carbonyl (C=O) groups excluding carboxylic acids is 1. The van der Waals surface area contributed by atoms with E-state index in [9.17, 15) is 13.2 Å². The summed E-state index contributed by atoms with van der Waals surface area (Å²) in [7, 11) is -1.87. The predicted octanol–water partition coefficient (Wildman–Crippen LogP) is 1.41. The van der Waals surface area contributed by atoms with E-state index in [-0.39, 0.29) is 11.5 Å². The van der Waals surface area contributed by atoms with Gasteiger partial charge in [0.05, 0.1) is 18.4 Å². The van der Waals surface area contributed by atoms with Crippen molar-refractivity contribution in [3.05, 3.63) is 35.4 Å². The molecule has 5 heteroatoms. The number of carbonyl (C=O) groups is 1. The second-order valence-electron chi connectivity index (χ2n) is 3.33. The molecule has 0 saturated carbocycles. The minimum atomic E-state index is -3.14. The molecule has 0 unspecified atom stereocenters. The molecule has 0 N–H and O–H groups in total. The van der Waals surface area contributed by atoms with E-state index in [1.54, 1.807) is 31.2 Å². The van der Waals surface area contributed by atoms with Crippen LogP contribution in [0.1, 0.15) is 22.8 Å². The maximum atomic E-state index is 11.5. The average molecular weight is 242 g/mol. The highest BCUT2D eigenvalue weighted by atomic mass is 32.2. The van der Waals surface area contributed by atoms with Gasteiger partial charge in [-0.3, -0.25) is 0 Å². The van der Waals surface area contributed by atoms with E-state index in [2.05, 4.69) is 4.74 Å². The second-order valence-corrected chi connectivity index (χ2v) is 5.68. The van der Waals surface area contributed by atoms with Crippen LogP contribution in [0, 0.1) is 0 Å². The van der Waals surface area contributed by atoms with Crippen LogP contribution < -0.4 is 0 Å². The van der Waals surface area contributed by atoms with Gasteiger partial charge in [-0.05, 0) is 11.6 Å². The smallest absolute Gasteiger partial charge is 0.338 e. The minimum Gasteiger partial charge on any atom is -0.465 e.